The predicted octanol–water partition coefficient (Wildman–Crippen LogP) is 4.12. The number of nitrogens with zero attached hydrogens (tertiary/aromatic N) is 2. The van der Waals surface area contributed by atoms with Gasteiger partial charge in [-0.2, -0.15) is 0 Å². The number of hydrogen-bond donors (Lipinski definition) is 1. The standard InChI is InChI=1S/C26H29N3O3/c1-26(25(31)27-20-11-5-6-12-20)17-28-21-13-7-3-9-18(21)15-22(28)24(30)29(26)16-19-10-4-8-14-23(19)32-2/h3-4,7-10,13-15,20H,5-6,11-12,16-17H2,1-2H3,(H,27,31)/t26-/m1/s1. The number of carbonyl (C=O) groups is 2. The third kappa shape index (κ3) is 3.34. The fourth-order valence-corrected chi connectivity index (χ4v) is 5.17. The van der Waals surface area contributed by atoms with Crippen LogP contribution in [0.4, 0.5) is 0 Å². The van der Waals surface area contributed by atoms with E-state index in [2.05, 4.69) is 5.32 Å². The van der Waals surface area contributed by atoms with Crippen molar-refractivity contribution in [1.29, 1.82) is 0 Å². The Bertz CT molecular complexity index is 1180. The number of ether oxygens (including phenoxy) is 1. The average molecular weight is 432 g/mol. The van der Waals surface area contributed by atoms with Gasteiger partial charge in [-0.25, -0.2) is 0 Å². The van der Waals surface area contributed by atoms with Gasteiger partial charge in [0.1, 0.15) is 17.0 Å². The summed E-state index contributed by atoms with van der Waals surface area (Å²) in [6.07, 6.45) is 4.27. The maximum absolute atomic E-state index is 13.8. The summed E-state index contributed by atoms with van der Waals surface area (Å²) < 4.78 is 7.54. The zero-order valence-electron chi connectivity index (χ0n) is 18.6. The molecule has 0 radical (unpaired) electrons. The van der Waals surface area contributed by atoms with Crippen molar-refractivity contribution in [2.75, 3.05) is 7.11 Å². The smallest absolute Gasteiger partial charge is 0.271 e. The summed E-state index contributed by atoms with van der Waals surface area (Å²) in [4.78, 5) is 29.3. The summed E-state index contributed by atoms with van der Waals surface area (Å²) in [5.41, 5.74) is 1.46. The molecule has 166 valence electrons. The number of para-hydroxylation sites is 2. The first-order chi connectivity index (χ1) is 15.5. The first-order valence-electron chi connectivity index (χ1n) is 11.3. The second-order valence-corrected chi connectivity index (χ2v) is 9.11. The number of hydrogen-bond acceptors (Lipinski definition) is 3. The number of aromatic nitrogens is 1. The molecular formula is C26H29N3O3. The van der Waals surface area contributed by atoms with E-state index < -0.39 is 5.54 Å². The summed E-state index contributed by atoms with van der Waals surface area (Å²) in [6, 6.07) is 17.7. The van der Waals surface area contributed by atoms with E-state index >= 15 is 0 Å². The lowest BCUT2D eigenvalue weighted by molar-refractivity contribution is -0.133. The van der Waals surface area contributed by atoms with Crippen molar-refractivity contribution in [2.45, 2.75) is 57.3 Å². The minimum Gasteiger partial charge on any atom is -0.496 e. The normalized spacial score (nSPS) is 21.1. The summed E-state index contributed by atoms with van der Waals surface area (Å²) in [6.45, 7) is 2.61. The van der Waals surface area contributed by atoms with E-state index in [1.807, 2.05) is 66.1 Å². The number of carbonyl (C=O) groups excluding carboxylic acids is 2. The third-order valence-corrected chi connectivity index (χ3v) is 7.04. The average Bonchev–Trinajstić information content (AvgIpc) is 3.45. The van der Waals surface area contributed by atoms with Crippen LogP contribution >= 0.6 is 0 Å². The van der Waals surface area contributed by atoms with Crippen molar-refractivity contribution in [3.63, 3.8) is 0 Å². The van der Waals surface area contributed by atoms with E-state index in [0.29, 0.717) is 24.5 Å². The lowest BCUT2D eigenvalue weighted by Crippen LogP contribution is -2.64. The Balaban J connectivity index is 1.58. The molecule has 1 atom stereocenters. The van der Waals surface area contributed by atoms with Crippen LogP contribution in [-0.4, -0.2) is 40.0 Å². The van der Waals surface area contributed by atoms with Gasteiger partial charge in [0.15, 0.2) is 0 Å². The molecule has 32 heavy (non-hydrogen) atoms. The molecule has 0 spiro atoms. The van der Waals surface area contributed by atoms with Gasteiger partial charge in [0.25, 0.3) is 5.91 Å². The second-order valence-electron chi connectivity index (χ2n) is 9.11. The Morgan fingerprint density at radius 3 is 2.62 bits per heavy atom. The number of amides is 2. The molecular weight excluding hydrogens is 402 g/mol. The van der Waals surface area contributed by atoms with E-state index in [4.69, 9.17) is 4.74 Å². The van der Waals surface area contributed by atoms with Crippen molar-refractivity contribution in [1.82, 2.24) is 14.8 Å². The van der Waals surface area contributed by atoms with Crippen LogP contribution in [0.2, 0.25) is 0 Å². The minimum atomic E-state index is -1.02. The van der Waals surface area contributed by atoms with Crippen LogP contribution in [-0.2, 0) is 17.9 Å². The van der Waals surface area contributed by atoms with Gasteiger partial charge in [-0.3, -0.25) is 9.59 Å². The highest BCUT2D eigenvalue weighted by Crippen LogP contribution is 2.35. The Morgan fingerprint density at radius 1 is 1.12 bits per heavy atom. The van der Waals surface area contributed by atoms with Crippen molar-refractivity contribution in [3.8, 4) is 5.75 Å². The van der Waals surface area contributed by atoms with Crippen LogP contribution in [0.15, 0.2) is 54.6 Å². The summed E-state index contributed by atoms with van der Waals surface area (Å²) >= 11 is 0. The first-order valence-corrected chi connectivity index (χ1v) is 11.3. The van der Waals surface area contributed by atoms with Crippen molar-refractivity contribution >= 4 is 22.7 Å². The van der Waals surface area contributed by atoms with Gasteiger partial charge >= 0.3 is 0 Å². The molecule has 5 rings (SSSR count). The quantitative estimate of drug-likeness (QED) is 0.661. The highest BCUT2D eigenvalue weighted by molar-refractivity contribution is 6.03. The van der Waals surface area contributed by atoms with E-state index in [-0.39, 0.29) is 17.9 Å². The topological polar surface area (TPSA) is 63.6 Å². The van der Waals surface area contributed by atoms with Gasteiger partial charge in [-0.15, -0.1) is 0 Å². The number of benzene rings is 2. The largest absolute Gasteiger partial charge is 0.496 e. The van der Waals surface area contributed by atoms with E-state index in [0.717, 1.165) is 42.1 Å². The van der Waals surface area contributed by atoms with Crippen LogP contribution in [0.25, 0.3) is 10.9 Å². The van der Waals surface area contributed by atoms with E-state index in [1.165, 1.54) is 0 Å². The van der Waals surface area contributed by atoms with Crippen LogP contribution in [0.3, 0.4) is 0 Å². The third-order valence-electron chi connectivity index (χ3n) is 7.04. The fourth-order valence-electron chi connectivity index (χ4n) is 5.17. The Labute approximate surface area is 188 Å². The Morgan fingerprint density at radius 2 is 1.84 bits per heavy atom. The van der Waals surface area contributed by atoms with Crippen LogP contribution in [0.5, 0.6) is 5.75 Å². The summed E-state index contributed by atoms with van der Waals surface area (Å²) in [5, 5.41) is 4.26. The number of fused-ring (bicyclic) bond motifs is 3. The van der Waals surface area contributed by atoms with E-state index in [9.17, 15) is 9.59 Å². The van der Waals surface area contributed by atoms with Gasteiger partial charge < -0.3 is 19.5 Å². The molecule has 0 saturated heterocycles. The molecule has 3 aromatic rings. The summed E-state index contributed by atoms with van der Waals surface area (Å²) in [5.74, 6) is 0.489. The highest BCUT2D eigenvalue weighted by atomic mass is 16.5. The molecule has 1 aromatic heterocycles. The molecule has 1 aliphatic heterocycles. The molecule has 1 saturated carbocycles. The monoisotopic (exact) mass is 431 g/mol. The predicted molar refractivity (Wildman–Crippen MR) is 124 cm³/mol. The Kier molecular flexibility index (Phi) is 5.16. The minimum absolute atomic E-state index is 0.0870. The Hall–Kier alpha value is -3.28. The second kappa shape index (κ2) is 8.01. The van der Waals surface area contributed by atoms with E-state index in [1.54, 1.807) is 12.0 Å². The molecule has 1 aliphatic carbocycles. The lowest BCUT2D eigenvalue weighted by atomic mass is 9.93. The summed E-state index contributed by atoms with van der Waals surface area (Å²) in [7, 11) is 1.63. The molecule has 1 fully saturated rings. The molecule has 1 N–H and O–H groups in total. The van der Waals surface area contributed by atoms with Gasteiger partial charge in [-0.1, -0.05) is 49.2 Å². The molecule has 2 aromatic carbocycles. The van der Waals surface area contributed by atoms with Crippen molar-refractivity contribution < 1.29 is 14.3 Å². The zero-order chi connectivity index (χ0) is 22.3. The molecule has 6 heteroatoms. The van der Waals surface area contributed by atoms with Gasteiger partial charge in [0.2, 0.25) is 5.91 Å². The number of rotatable bonds is 5. The van der Waals surface area contributed by atoms with Gasteiger partial charge in [-0.05, 0) is 38.0 Å². The molecule has 2 heterocycles. The SMILES string of the molecule is COc1ccccc1CN1C(=O)c2cc3ccccc3n2C[C@]1(C)C(=O)NC1CCCC1. The lowest BCUT2D eigenvalue weighted by Gasteiger charge is -2.44. The molecule has 6 nitrogen and oxygen atoms in total. The maximum Gasteiger partial charge on any atom is 0.271 e. The van der Waals surface area contributed by atoms with Gasteiger partial charge in [0, 0.05) is 22.5 Å². The van der Waals surface area contributed by atoms with Gasteiger partial charge in [0.05, 0.1) is 20.2 Å². The molecule has 0 bridgehead atoms. The fraction of sp³-hybridized carbons (Fsp3) is 0.385. The molecule has 0 unspecified atom stereocenters. The van der Waals surface area contributed by atoms with Crippen LogP contribution < -0.4 is 10.1 Å². The maximum atomic E-state index is 13.8. The molecule has 2 aliphatic rings. The molecule has 2 amide bonds. The highest BCUT2D eigenvalue weighted by Gasteiger charge is 2.48. The van der Waals surface area contributed by atoms with Crippen molar-refractivity contribution in [2.24, 2.45) is 0 Å². The van der Waals surface area contributed by atoms with Crippen LogP contribution in [0.1, 0.15) is 48.7 Å². The first kappa shape index (κ1) is 20.6. The zero-order valence-corrected chi connectivity index (χ0v) is 18.6. The number of methoxy groups -OCH3 is 1. The van der Waals surface area contributed by atoms with Crippen molar-refractivity contribution in [3.05, 3.63) is 65.9 Å². The number of nitrogens with one attached hydrogen (secondary N) is 1. The van der Waals surface area contributed by atoms with Crippen LogP contribution in [0, 0.1) is 0 Å².